The smallest absolute Gasteiger partial charge is 0.277 e. The summed E-state index contributed by atoms with van der Waals surface area (Å²) in [5, 5.41) is 4.43. The van der Waals surface area contributed by atoms with Crippen LogP contribution in [-0.2, 0) is 11.2 Å². The second-order valence-corrected chi connectivity index (χ2v) is 8.25. The average molecular weight is 492 g/mol. The number of fused-ring (bicyclic) bond motifs is 1. The lowest BCUT2D eigenvalue weighted by atomic mass is 10.0. The summed E-state index contributed by atoms with van der Waals surface area (Å²) in [5.74, 6) is 0.509. The third kappa shape index (κ3) is 5.63. The van der Waals surface area contributed by atoms with Crippen molar-refractivity contribution in [1.29, 1.82) is 0 Å². The quantitative estimate of drug-likeness (QED) is 0.342. The summed E-state index contributed by atoms with van der Waals surface area (Å²) in [6.45, 7) is 1.33. The molecule has 3 aromatic rings. The van der Waals surface area contributed by atoms with Crippen molar-refractivity contribution in [2.24, 2.45) is 5.73 Å². The van der Waals surface area contributed by atoms with E-state index < -0.39 is 0 Å². The highest BCUT2D eigenvalue weighted by atomic mass is 16.5. The number of rotatable bonds is 10. The number of aromatic nitrogens is 2. The zero-order valence-electron chi connectivity index (χ0n) is 21.0. The van der Waals surface area contributed by atoms with Gasteiger partial charge in [0.15, 0.2) is 6.29 Å². The first-order valence-corrected chi connectivity index (χ1v) is 11.9. The lowest BCUT2D eigenvalue weighted by Crippen LogP contribution is -2.38. The third-order valence-corrected chi connectivity index (χ3v) is 6.14. The van der Waals surface area contributed by atoms with Crippen LogP contribution in [0.3, 0.4) is 0 Å². The molecule has 0 radical (unpaired) electrons. The number of nitrogens with zero attached hydrogens (tertiary/aromatic N) is 4. The van der Waals surface area contributed by atoms with Gasteiger partial charge < -0.3 is 25.1 Å². The number of anilines is 2. The Kier molecular flexibility index (Phi) is 9.35. The number of carbonyl (C=O) groups is 3. The molecule has 1 amide bonds. The van der Waals surface area contributed by atoms with E-state index in [1.54, 1.807) is 28.8 Å². The van der Waals surface area contributed by atoms with Crippen molar-refractivity contribution in [1.82, 2.24) is 9.78 Å². The molecule has 4 rings (SSSR count). The van der Waals surface area contributed by atoms with Crippen LogP contribution >= 0.6 is 0 Å². The van der Waals surface area contributed by atoms with E-state index in [0.29, 0.717) is 54.1 Å². The number of ether oxygens (including phenoxy) is 1. The molecule has 190 valence electrons. The van der Waals surface area contributed by atoms with Crippen LogP contribution < -0.4 is 20.3 Å². The van der Waals surface area contributed by atoms with E-state index in [2.05, 4.69) is 15.7 Å². The van der Waals surface area contributed by atoms with Gasteiger partial charge in [0.2, 0.25) is 0 Å². The fourth-order valence-electron chi connectivity index (χ4n) is 4.23. The van der Waals surface area contributed by atoms with E-state index in [9.17, 15) is 14.4 Å². The molecule has 1 aliphatic rings. The monoisotopic (exact) mass is 491 g/mol. The average Bonchev–Trinajstić information content (AvgIpc) is 3.32. The van der Waals surface area contributed by atoms with Crippen molar-refractivity contribution in [2.45, 2.75) is 25.7 Å². The second-order valence-electron chi connectivity index (χ2n) is 8.25. The third-order valence-electron chi connectivity index (χ3n) is 6.14. The van der Waals surface area contributed by atoms with Crippen molar-refractivity contribution >= 4 is 29.9 Å². The van der Waals surface area contributed by atoms with Crippen LogP contribution in [0, 0.1) is 0 Å². The van der Waals surface area contributed by atoms with Gasteiger partial charge in [0.1, 0.15) is 23.4 Å². The molecule has 2 N–H and O–H groups in total. The van der Waals surface area contributed by atoms with Gasteiger partial charge in [-0.25, -0.2) is 4.68 Å². The van der Waals surface area contributed by atoms with Crippen molar-refractivity contribution in [3.63, 3.8) is 0 Å². The molecule has 0 fully saturated rings. The van der Waals surface area contributed by atoms with Crippen molar-refractivity contribution in [2.75, 3.05) is 44.1 Å². The number of methoxy groups -OCH3 is 1. The number of unbranched alkanes of at least 4 members (excludes halogenated alkanes) is 2. The molecule has 36 heavy (non-hydrogen) atoms. The van der Waals surface area contributed by atoms with Crippen LogP contribution in [0.2, 0.25) is 0 Å². The summed E-state index contributed by atoms with van der Waals surface area (Å²) < 4.78 is 6.77. The Bertz CT molecular complexity index is 1170. The number of carbonyl (C=O) groups excluding carboxylic acids is 3. The van der Waals surface area contributed by atoms with Crippen LogP contribution in [0.5, 0.6) is 5.75 Å². The zero-order valence-corrected chi connectivity index (χ0v) is 21.0. The number of aldehydes is 2. The molecular formula is C27H33N5O4. The normalized spacial score (nSPS) is 12.3. The van der Waals surface area contributed by atoms with Crippen LogP contribution in [0.4, 0.5) is 11.4 Å². The molecule has 9 heteroatoms. The van der Waals surface area contributed by atoms with Gasteiger partial charge in [0, 0.05) is 43.5 Å². The van der Waals surface area contributed by atoms with E-state index in [1.807, 2.05) is 43.4 Å². The van der Waals surface area contributed by atoms with Gasteiger partial charge in [-0.3, -0.25) is 9.59 Å². The molecule has 0 unspecified atom stereocenters. The molecular weight excluding hydrogens is 458 g/mol. The summed E-state index contributed by atoms with van der Waals surface area (Å²) in [5.41, 5.74) is 8.42. The second kappa shape index (κ2) is 12.6. The van der Waals surface area contributed by atoms with Gasteiger partial charge in [-0.1, -0.05) is 0 Å². The standard InChI is InChI=1S/C26H28N4O4.CH5N/c1-28(15-4-3-5-17-31)19-6-8-20(9-7-19)29-16-14-23-24(18-32)27-30(25(23)26(29)33)21-10-12-22(34-2)13-11-21;1-2/h6-13,17-18H,3-5,14-16H2,1-2H3;2H2,1H3. The Balaban J connectivity index is 0.00000176. The molecule has 1 aromatic heterocycles. The van der Waals surface area contributed by atoms with Crippen LogP contribution in [-0.4, -0.2) is 62.6 Å². The number of hydrogen-bond donors (Lipinski definition) is 1. The van der Waals surface area contributed by atoms with Gasteiger partial charge in [-0.2, -0.15) is 5.10 Å². The van der Waals surface area contributed by atoms with Crippen molar-refractivity contribution in [3.05, 3.63) is 65.5 Å². The van der Waals surface area contributed by atoms with Crippen molar-refractivity contribution in [3.8, 4) is 11.4 Å². The molecule has 0 spiro atoms. The summed E-state index contributed by atoms with van der Waals surface area (Å²) in [6, 6.07) is 15.1. The predicted octanol–water partition coefficient (Wildman–Crippen LogP) is 3.28. The van der Waals surface area contributed by atoms with E-state index >= 15 is 0 Å². The number of amides is 1. The number of nitrogens with two attached hydrogens (primary N) is 1. The summed E-state index contributed by atoms with van der Waals surface area (Å²) in [4.78, 5) is 39.6. The molecule has 0 saturated carbocycles. The van der Waals surface area contributed by atoms with Crippen LogP contribution in [0.1, 0.15) is 45.8 Å². The van der Waals surface area contributed by atoms with Crippen molar-refractivity contribution < 1.29 is 19.1 Å². The molecule has 0 bridgehead atoms. The fraction of sp³-hybridized carbons (Fsp3) is 0.333. The van der Waals surface area contributed by atoms with E-state index in [0.717, 1.165) is 37.0 Å². The lowest BCUT2D eigenvalue weighted by molar-refractivity contribution is -0.107. The van der Waals surface area contributed by atoms with Gasteiger partial charge in [0.25, 0.3) is 5.91 Å². The molecule has 0 aliphatic carbocycles. The maximum atomic E-state index is 13.6. The Hall–Kier alpha value is -3.98. The highest BCUT2D eigenvalue weighted by Gasteiger charge is 2.33. The summed E-state index contributed by atoms with van der Waals surface area (Å²) >= 11 is 0. The Morgan fingerprint density at radius 1 is 1.03 bits per heavy atom. The first-order chi connectivity index (χ1) is 17.6. The largest absolute Gasteiger partial charge is 0.497 e. The molecule has 2 heterocycles. The summed E-state index contributed by atoms with van der Waals surface area (Å²) in [7, 11) is 5.11. The molecule has 1 aliphatic heterocycles. The minimum Gasteiger partial charge on any atom is -0.497 e. The fourth-order valence-corrected chi connectivity index (χ4v) is 4.23. The zero-order chi connectivity index (χ0) is 26.1. The van der Waals surface area contributed by atoms with E-state index in [1.165, 1.54) is 7.05 Å². The maximum absolute atomic E-state index is 13.6. The van der Waals surface area contributed by atoms with Gasteiger partial charge in [0.05, 0.1) is 12.8 Å². The minimum absolute atomic E-state index is 0.187. The Morgan fingerprint density at radius 3 is 2.31 bits per heavy atom. The van der Waals surface area contributed by atoms with Crippen LogP contribution in [0.15, 0.2) is 48.5 Å². The highest BCUT2D eigenvalue weighted by molar-refractivity contribution is 6.08. The molecule has 2 aromatic carbocycles. The lowest BCUT2D eigenvalue weighted by Gasteiger charge is -2.28. The van der Waals surface area contributed by atoms with Gasteiger partial charge >= 0.3 is 0 Å². The molecule has 9 nitrogen and oxygen atoms in total. The first-order valence-electron chi connectivity index (χ1n) is 11.9. The van der Waals surface area contributed by atoms with E-state index in [4.69, 9.17) is 4.74 Å². The molecule has 0 atom stereocenters. The predicted molar refractivity (Wildman–Crippen MR) is 141 cm³/mol. The van der Waals surface area contributed by atoms with Gasteiger partial charge in [-0.15, -0.1) is 0 Å². The number of benzene rings is 2. The van der Waals surface area contributed by atoms with Crippen LogP contribution in [0.25, 0.3) is 5.69 Å². The first kappa shape index (κ1) is 26.6. The maximum Gasteiger partial charge on any atom is 0.277 e. The topological polar surface area (TPSA) is 111 Å². The highest BCUT2D eigenvalue weighted by Crippen LogP contribution is 2.30. The van der Waals surface area contributed by atoms with Gasteiger partial charge in [-0.05, 0) is 74.8 Å². The molecule has 0 saturated heterocycles. The number of hydrogen-bond acceptors (Lipinski definition) is 7. The summed E-state index contributed by atoms with van der Waals surface area (Å²) in [6.07, 6.45) is 4.62. The SMILES string of the molecule is CN.COc1ccc(-n2nc(C=O)c3c2C(=O)N(c2ccc(N(C)CCCCC=O)cc2)CC3)cc1. The van der Waals surface area contributed by atoms with E-state index in [-0.39, 0.29) is 5.91 Å². The minimum atomic E-state index is -0.187. The Labute approximate surface area is 211 Å². The Morgan fingerprint density at radius 2 is 1.69 bits per heavy atom.